The zero-order chi connectivity index (χ0) is 11.5. The monoisotopic (exact) mass is 236 g/mol. The van der Waals surface area contributed by atoms with Crippen LogP contribution < -0.4 is 5.56 Å². The summed E-state index contributed by atoms with van der Waals surface area (Å²) in [5, 5.41) is 3.46. The minimum absolute atomic E-state index is 0.195. The Morgan fingerprint density at radius 3 is 2.62 bits per heavy atom. The van der Waals surface area contributed by atoms with Gasteiger partial charge in [-0.05, 0) is 24.3 Å². The fourth-order valence-corrected chi connectivity index (χ4v) is 1.55. The summed E-state index contributed by atoms with van der Waals surface area (Å²) < 4.78 is 1.37. The van der Waals surface area contributed by atoms with Gasteiger partial charge in [-0.1, -0.05) is 11.6 Å². The molecule has 1 aromatic carbocycles. The van der Waals surface area contributed by atoms with E-state index < -0.39 is 0 Å². The van der Waals surface area contributed by atoms with Gasteiger partial charge in [0.1, 0.15) is 6.29 Å². The predicted molar refractivity (Wildman–Crippen MR) is 61.2 cm³/mol. The molecule has 2 rings (SSSR count). The van der Waals surface area contributed by atoms with Gasteiger partial charge in [0, 0.05) is 23.2 Å². The molecule has 0 fully saturated rings. The second kappa shape index (κ2) is 4.37. The Labute approximate surface area is 96.5 Å². The molecule has 0 bridgehead atoms. The van der Waals surface area contributed by atoms with Crippen LogP contribution in [0.5, 0.6) is 0 Å². The summed E-state index contributed by atoms with van der Waals surface area (Å²) in [5.41, 5.74) is 1.08. The molecule has 1 heterocycles. The van der Waals surface area contributed by atoms with Gasteiger partial charge < -0.3 is 4.79 Å². The summed E-state index contributed by atoms with van der Waals surface area (Å²) in [7, 11) is 0. The van der Waals surface area contributed by atoms with Crippen molar-refractivity contribution in [3.05, 3.63) is 51.4 Å². The number of rotatable bonds is 3. The number of H-pyrrole nitrogens is 1. The number of aldehydes is 1. The molecular formula is C11H9ClN2O2. The first-order chi connectivity index (χ1) is 7.70. The van der Waals surface area contributed by atoms with E-state index in [-0.39, 0.29) is 12.0 Å². The summed E-state index contributed by atoms with van der Waals surface area (Å²) >= 11 is 5.75. The van der Waals surface area contributed by atoms with Gasteiger partial charge in [0.2, 0.25) is 0 Å². The van der Waals surface area contributed by atoms with Crippen LogP contribution in [0, 0.1) is 0 Å². The van der Waals surface area contributed by atoms with Crippen molar-refractivity contribution in [1.29, 1.82) is 0 Å². The van der Waals surface area contributed by atoms with Gasteiger partial charge in [0.25, 0.3) is 5.56 Å². The van der Waals surface area contributed by atoms with Crippen LogP contribution in [-0.4, -0.2) is 16.1 Å². The van der Waals surface area contributed by atoms with Gasteiger partial charge >= 0.3 is 0 Å². The Morgan fingerprint density at radius 1 is 1.31 bits per heavy atom. The van der Waals surface area contributed by atoms with Crippen LogP contribution in [-0.2, 0) is 11.2 Å². The third kappa shape index (κ3) is 2.06. The van der Waals surface area contributed by atoms with Crippen LogP contribution in [0.1, 0.15) is 5.69 Å². The predicted octanol–water partition coefficient (Wildman–Crippen LogP) is 1.56. The summed E-state index contributed by atoms with van der Waals surface area (Å²) in [4.78, 5) is 21.9. The number of halogens is 1. The van der Waals surface area contributed by atoms with E-state index in [0.29, 0.717) is 16.4 Å². The molecule has 2 aromatic rings. The second-order valence-corrected chi connectivity index (χ2v) is 3.74. The topological polar surface area (TPSA) is 54.9 Å². The van der Waals surface area contributed by atoms with Crippen molar-refractivity contribution in [1.82, 2.24) is 9.78 Å². The normalized spacial score (nSPS) is 10.3. The molecule has 82 valence electrons. The van der Waals surface area contributed by atoms with Crippen molar-refractivity contribution in [2.24, 2.45) is 0 Å². The largest absolute Gasteiger partial charge is 0.303 e. The van der Waals surface area contributed by atoms with Gasteiger partial charge in [0.15, 0.2) is 0 Å². The Bertz CT molecular complexity index is 554. The molecule has 0 saturated carbocycles. The lowest BCUT2D eigenvalue weighted by Crippen LogP contribution is -2.13. The number of aromatic nitrogens is 2. The average molecular weight is 237 g/mol. The Kier molecular flexibility index (Phi) is 2.92. The molecule has 5 heteroatoms. The Balaban J connectivity index is 2.43. The van der Waals surface area contributed by atoms with Crippen molar-refractivity contribution in [3.63, 3.8) is 0 Å². The van der Waals surface area contributed by atoms with E-state index in [4.69, 9.17) is 11.6 Å². The molecule has 0 aliphatic heterocycles. The molecule has 0 radical (unpaired) electrons. The standard InChI is InChI=1S/C11H9ClN2O2/c12-8-1-3-10(4-2-8)14-11(16)7-9(13-14)5-6-15/h1-4,6-7,13H,5H2. The third-order valence-electron chi connectivity index (χ3n) is 2.16. The molecule has 0 spiro atoms. The maximum atomic E-state index is 11.6. The lowest BCUT2D eigenvalue weighted by molar-refractivity contribution is -0.107. The van der Waals surface area contributed by atoms with Crippen molar-refractivity contribution in [2.45, 2.75) is 6.42 Å². The molecular weight excluding hydrogens is 228 g/mol. The van der Waals surface area contributed by atoms with Crippen molar-refractivity contribution < 1.29 is 4.79 Å². The summed E-state index contributed by atoms with van der Waals surface area (Å²) in [6.07, 6.45) is 0.952. The van der Waals surface area contributed by atoms with E-state index in [9.17, 15) is 9.59 Å². The fourth-order valence-electron chi connectivity index (χ4n) is 1.42. The van der Waals surface area contributed by atoms with E-state index in [1.54, 1.807) is 24.3 Å². The number of hydrogen-bond donors (Lipinski definition) is 1. The fraction of sp³-hybridized carbons (Fsp3) is 0.0909. The zero-order valence-electron chi connectivity index (χ0n) is 8.31. The molecule has 1 N–H and O–H groups in total. The molecule has 1 aromatic heterocycles. The van der Waals surface area contributed by atoms with E-state index in [1.807, 2.05) is 0 Å². The lowest BCUT2D eigenvalue weighted by Gasteiger charge is -2.01. The van der Waals surface area contributed by atoms with Gasteiger partial charge in [-0.15, -0.1) is 0 Å². The van der Waals surface area contributed by atoms with E-state index in [0.717, 1.165) is 6.29 Å². The first kappa shape index (κ1) is 10.7. The van der Waals surface area contributed by atoms with Crippen LogP contribution in [0.4, 0.5) is 0 Å². The molecule has 0 amide bonds. The maximum Gasteiger partial charge on any atom is 0.271 e. The molecule has 4 nitrogen and oxygen atoms in total. The summed E-state index contributed by atoms with van der Waals surface area (Å²) in [6.45, 7) is 0. The minimum Gasteiger partial charge on any atom is -0.303 e. The Hall–Kier alpha value is -1.81. The molecule has 0 aliphatic rings. The number of carbonyl (C=O) groups excluding carboxylic acids is 1. The van der Waals surface area contributed by atoms with Crippen LogP contribution in [0.3, 0.4) is 0 Å². The molecule has 0 saturated heterocycles. The quantitative estimate of drug-likeness (QED) is 0.823. The number of carbonyl (C=O) groups is 1. The van der Waals surface area contributed by atoms with Gasteiger partial charge in [-0.2, -0.15) is 0 Å². The Morgan fingerprint density at radius 2 is 2.00 bits per heavy atom. The number of nitrogens with zero attached hydrogens (tertiary/aromatic N) is 1. The zero-order valence-corrected chi connectivity index (χ0v) is 9.07. The van der Waals surface area contributed by atoms with Crippen molar-refractivity contribution in [2.75, 3.05) is 0 Å². The SMILES string of the molecule is O=CCc1cc(=O)n(-c2ccc(Cl)cc2)[nH]1. The van der Waals surface area contributed by atoms with Crippen LogP contribution in [0.25, 0.3) is 5.69 Å². The molecule has 16 heavy (non-hydrogen) atoms. The van der Waals surface area contributed by atoms with Crippen LogP contribution in [0.2, 0.25) is 5.02 Å². The highest BCUT2D eigenvalue weighted by molar-refractivity contribution is 6.30. The van der Waals surface area contributed by atoms with Gasteiger partial charge in [0.05, 0.1) is 5.69 Å². The molecule has 0 unspecified atom stereocenters. The van der Waals surface area contributed by atoms with Crippen LogP contribution in [0.15, 0.2) is 35.1 Å². The first-order valence-electron chi connectivity index (χ1n) is 4.71. The smallest absolute Gasteiger partial charge is 0.271 e. The molecule has 0 aliphatic carbocycles. The van der Waals surface area contributed by atoms with Gasteiger partial charge in [-0.25, -0.2) is 4.68 Å². The second-order valence-electron chi connectivity index (χ2n) is 3.30. The van der Waals surface area contributed by atoms with Crippen molar-refractivity contribution >= 4 is 17.9 Å². The summed E-state index contributed by atoms with van der Waals surface area (Å²) in [5.74, 6) is 0. The van der Waals surface area contributed by atoms with Gasteiger partial charge in [-0.3, -0.25) is 9.89 Å². The minimum atomic E-state index is -0.195. The number of benzene rings is 1. The maximum absolute atomic E-state index is 11.6. The summed E-state index contributed by atoms with van der Waals surface area (Å²) in [6, 6.07) is 8.26. The lowest BCUT2D eigenvalue weighted by atomic mass is 10.3. The number of aromatic amines is 1. The first-order valence-corrected chi connectivity index (χ1v) is 5.09. The van der Waals surface area contributed by atoms with Crippen molar-refractivity contribution in [3.8, 4) is 5.69 Å². The average Bonchev–Trinajstić information content (AvgIpc) is 2.61. The third-order valence-corrected chi connectivity index (χ3v) is 2.41. The highest BCUT2D eigenvalue weighted by atomic mass is 35.5. The number of nitrogens with one attached hydrogen (secondary N) is 1. The van der Waals surface area contributed by atoms with E-state index in [2.05, 4.69) is 5.10 Å². The highest BCUT2D eigenvalue weighted by Crippen LogP contribution is 2.11. The molecule has 0 atom stereocenters. The van der Waals surface area contributed by atoms with E-state index >= 15 is 0 Å². The van der Waals surface area contributed by atoms with Crippen LogP contribution >= 0.6 is 11.6 Å². The highest BCUT2D eigenvalue weighted by Gasteiger charge is 2.04. The van der Waals surface area contributed by atoms with E-state index in [1.165, 1.54) is 10.7 Å². The number of hydrogen-bond acceptors (Lipinski definition) is 2.